The van der Waals surface area contributed by atoms with E-state index in [9.17, 15) is 22.4 Å². The van der Waals surface area contributed by atoms with Gasteiger partial charge in [0.15, 0.2) is 17.5 Å². The van der Waals surface area contributed by atoms with Gasteiger partial charge in [0, 0.05) is 29.6 Å². The molecule has 1 aromatic heterocycles. The fourth-order valence-electron chi connectivity index (χ4n) is 2.57. The molecule has 2 N–H and O–H groups in total. The summed E-state index contributed by atoms with van der Waals surface area (Å²) in [6, 6.07) is 5.75. The van der Waals surface area contributed by atoms with Gasteiger partial charge in [-0.2, -0.15) is 0 Å². The van der Waals surface area contributed by atoms with E-state index in [1.807, 2.05) is 20.8 Å². The van der Waals surface area contributed by atoms with E-state index >= 15 is 0 Å². The van der Waals surface area contributed by atoms with Crippen molar-refractivity contribution in [3.8, 4) is 11.5 Å². The van der Waals surface area contributed by atoms with Gasteiger partial charge in [-0.3, -0.25) is 20.5 Å². The molecule has 1 heterocycles. The summed E-state index contributed by atoms with van der Waals surface area (Å²) in [7, 11) is 0. The van der Waals surface area contributed by atoms with Crippen LogP contribution in [0.5, 0.6) is 11.5 Å². The Bertz CT molecular complexity index is 915. The van der Waals surface area contributed by atoms with Gasteiger partial charge in [-0.15, -0.1) is 13.2 Å². The van der Waals surface area contributed by atoms with Crippen LogP contribution >= 0.6 is 0 Å². The topological polar surface area (TPSA) is 87.5 Å². The maximum atomic E-state index is 13.8. The van der Waals surface area contributed by atoms with Crippen LogP contribution in [-0.2, 0) is 0 Å². The number of nitrogens with zero attached hydrogens (tertiary/aromatic N) is 2. The molecule has 1 amide bonds. The fraction of sp³-hybridized carbons (Fsp3) is 0.350. The van der Waals surface area contributed by atoms with Crippen LogP contribution in [0.15, 0.2) is 42.7 Å². The molecule has 0 aliphatic heterocycles. The van der Waals surface area contributed by atoms with E-state index in [0.717, 1.165) is 18.2 Å². The second-order valence-corrected chi connectivity index (χ2v) is 7.35. The molecular formula is C20H22F4N4O3. The van der Waals surface area contributed by atoms with E-state index in [-0.39, 0.29) is 24.9 Å². The largest absolute Gasteiger partial charge is 0.573 e. The van der Waals surface area contributed by atoms with Crippen LogP contribution in [0.3, 0.4) is 0 Å². The van der Waals surface area contributed by atoms with Gasteiger partial charge in [0.05, 0.1) is 6.54 Å². The summed E-state index contributed by atoms with van der Waals surface area (Å²) in [5.41, 5.74) is -0.233. The molecule has 31 heavy (non-hydrogen) atoms. The van der Waals surface area contributed by atoms with Gasteiger partial charge in [0.1, 0.15) is 12.4 Å². The molecule has 0 saturated heterocycles. The van der Waals surface area contributed by atoms with Crippen molar-refractivity contribution >= 4 is 11.9 Å². The van der Waals surface area contributed by atoms with Gasteiger partial charge in [-0.05, 0) is 45.0 Å². The molecule has 2 aromatic rings. The van der Waals surface area contributed by atoms with Crippen LogP contribution in [0.25, 0.3) is 0 Å². The SMILES string of the molecule is CC(C)(C)N(CCOc1ccc(OC(F)(F)F)c(F)c1)C(=N)NC(=O)c1ccncc1. The molecule has 168 valence electrons. The van der Waals surface area contributed by atoms with Crippen molar-refractivity contribution in [2.45, 2.75) is 32.7 Å². The number of alkyl halides is 3. The lowest BCUT2D eigenvalue weighted by Gasteiger charge is -2.37. The Hall–Kier alpha value is -3.37. The molecule has 0 aliphatic carbocycles. The average Bonchev–Trinajstić information content (AvgIpc) is 2.66. The predicted octanol–water partition coefficient (Wildman–Crippen LogP) is 3.96. The standard InChI is InChI=1S/C20H22F4N4O3/c1-19(2,3)28(18(25)27-17(29)13-6-8-26-9-7-13)10-11-30-14-4-5-16(15(21)12-14)31-20(22,23)24/h4-9,12H,10-11H2,1-3H3,(H2,25,27,29). The first-order valence-corrected chi connectivity index (χ1v) is 9.12. The number of benzene rings is 1. The van der Waals surface area contributed by atoms with Crippen molar-refractivity contribution in [1.82, 2.24) is 15.2 Å². The Morgan fingerprint density at radius 3 is 2.35 bits per heavy atom. The summed E-state index contributed by atoms with van der Waals surface area (Å²) in [6.07, 6.45) is -2.09. The molecule has 0 aliphatic rings. The summed E-state index contributed by atoms with van der Waals surface area (Å²) in [4.78, 5) is 17.7. The van der Waals surface area contributed by atoms with Crippen molar-refractivity contribution in [1.29, 1.82) is 5.41 Å². The van der Waals surface area contributed by atoms with Crippen molar-refractivity contribution in [3.63, 3.8) is 0 Å². The minimum Gasteiger partial charge on any atom is -0.492 e. The summed E-state index contributed by atoms with van der Waals surface area (Å²) >= 11 is 0. The number of aromatic nitrogens is 1. The van der Waals surface area contributed by atoms with E-state index in [1.165, 1.54) is 24.5 Å². The third-order valence-electron chi connectivity index (χ3n) is 3.97. The second kappa shape index (κ2) is 9.63. The summed E-state index contributed by atoms with van der Waals surface area (Å²) in [5, 5.41) is 10.7. The molecule has 0 saturated carbocycles. The Balaban J connectivity index is 1.98. The number of halogens is 4. The lowest BCUT2D eigenvalue weighted by molar-refractivity contribution is -0.275. The van der Waals surface area contributed by atoms with Crippen molar-refractivity contribution in [2.75, 3.05) is 13.2 Å². The number of ether oxygens (including phenoxy) is 2. The highest BCUT2D eigenvalue weighted by atomic mass is 19.4. The zero-order valence-electron chi connectivity index (χ0n) is 17.1. The lowest BCUT2D eigenvalue weighted by atomic mass is 10.1. The van der Waals surface area contributed by atoms with Crippen molar-refractivity contribution < 1.29 is 31.8 Å². The monoisotopic (exact) mass is 442 g/mol. The number of nitrogens with one attached hydrogen (secondary N) is 2. The van der Waals surface area contributed by atoms with Gasteiger partial charge in [0.2, 0.25) is 0 Å². The Labute approximate surface area is 176 Å². The normalized spacial score (nSPS) is 11.6. The number of rotatable bonds is 6. The average molecular weight is 442 g/mol. The minimum absolute atomic E-state index is 0.00626. The van der Waals surface area contributed by atoms with Gasteiger partial charge >= 0.3 is 6.36 Å². The predicted molar refractivity (Wildman–Crippen MR) is 104 cm³/mol. The van der Waals surface area contributed by atoms with E-state index in [2.05, 4.69) is 15.0 Å². The zero-order chi connectivity index (χ0) is 23.2. The number of pyridine rings is 1. The molecule has 0 bridgehead atoms. The summed E-state index contributed by atoms with van der Waals surface area (Å²) in [5.74, 6) is -2.84. The van der Waals surface area contributed by atoms with Crippen LogP contribution in [-0.4, -0.2) is 46.8 Å². The molecular weight excluding hydrogens is 420 g/mol. The van der Waals surface area contributed by atoms with E-state index in [1.54, 1.807) is 4.90 Å². The smallest absolute Gasteiger partial charge is 0.492 e. The van der Waals surface area contributed by atoms with E-state index in [4.69, 9.17) is 10.1 Å². The third kappa shape index (κ3) is 7.43. The minimum atomic E-state index is -5.00. The Morgan fingerprint density at radius 2 is 1.81 bits per heavy atom. The van der Waals surface area contributed by atoms with Crippen LogP contribution < -0.4 is 14.8 Å². The maximum Gasteiger partial charge on any atom is 0.573 e. The van der Waals surface area contributed by atoms with Gasteiger partial charge in [-0.25, -0.2) is 4.39 Å². The van der Waals surface area contributed by atoms with Crippen molar-refractivity contribution in [2.24, 2.45) is 0 Å². The van der Waals surface area contributed by atoms with Crippen LogP contribution in [0.4, 0.5) is 17.6 Å². The number of hydrogen-bond acceptors (Lipinski definition) is 5. The Kier molecular flexibility index (Phi) is 7.42. The second-order valence-electron chi connectivity index (χ2n) is 7.35. The number of amides is 1. The Morgan fingerprint density at radius 1 is 1.16 bits per heavy atom. The fourth-order valence-corrected chi connectivity index (χ4v) is 2.57. The molecule has 7 nitrogen and oxygen atoms in total. The molecule has 0 atom stereocenters. The third-order valence-corrected chi connectivity index (χ3v) is 3.97. The molecule has 0 fully saturated rings. The maximum absolute atomic E-state index is 13.8. The van der Waals surface area contributed by atoms with Gasteiger partial charge in [-0.1, -0.05) is 0 Å². The first kappa shape index (κ1) is 23.9. The zero-order valence-corrected chi connectivity index (χ0v) is 17.1. The molecule has 0 radical (unpaired) electrons. The number of hydrogen-bond donors (Lipinski definition) is 2. The quantitative estimate of drug-likeness (QED) is 0.402. The highest BCUT2D eigenvalue weighted by Crippen LogP contribution is 2.28. The van der Waals surface area contributed by atoms with Crippen LogP contribution in [0.1, 0.15) is 31.1 Å². The van der Waals surface area contributed by atoms with Crippen LogP contribution in [0, 0.1) is 11.2 Å². The summed E-state index contributed by atoms with van der Waals surface area (Å²) < 4.78 is 59.4. The number of guanidine groups is 1. The van der Waals surface area contributed by atoms with Gasteiger partial charge in [0.25, 0.3) is 5.91 Å². The van der Waals surface area contributed by atoms with E-state index < -0.39 is 29.4 Å². The first-order chi connectivity index (χ1) is 14.4. The number of carbonyl (C=O) groups is 1. The highest BCUT2D eigenvalue weighted by Gasteiger charge is 2.32. The summed E-state index contributed by atoms with van der Waals surface area (Å²) in [6.45, 7) is 5.58. The van der Waals surface area contributed by atoms with Crippen molar-refractivity contribution in [3.05, 3.63) is 54.1 Å². The van der Waals surface area contributed by atoms with Gasteiger partial charge < -0.3 is 14.4 Å². The molecule has 0 spiro atoms. The number of carbonyl (C=O) groups excluding carboxylic acids is 1. The lowest BCUT2D eigenvalue weighted by Crippen LogP contribution is -2.53. The highest BCUT2D eigenvalue weighted by molar-refractivity contribution is 6.04. The molecule has 0 unspecified atom stereocenters. The molecule has 1 aromatic carbocycles. The first-order valence-electron chi connectivity index (χ1n) is 9.12. The molecule has 11 heteroatoms. The molecule has 2 rings (SSSR count). The van der Waals surface area contributed by atoms with Crippen LogP contribution in [0.2, 0.25) is 0 Å². The van der Waals surface area contributed by atoms with E-state index in [0.29, 0.717) is 5.56 Å².